The second-order valence-electron chi connectivity index (χ2n) is 7.83. The topological polar surface area (TPSA) is 27.7 Å². The molecule has 0 saturated heterocycles. The Bertz CT molecular complexity index is 288. The molecule has 0 amide bonds. The van der Waals surface area contributed by atoms with Gasteiger partial charge in [0.25, 0.3) is 5.97 Å². The zero-order valence-corrected chi connectivity index (χ0v) is 19.8. The summed E-state index contributed by atoms with van der Waals surface area (Å²) in [6, 6.07) is 0. The molecule has 0 aromatic carbocycles. The molecule has 0 bridgehead atoms. The van der Waals surface area contributed by atoms with Crippen LogP contribution in [-0.2, 0) is 14.2 Å². The van der Waals surface area contributed by atoms with E-state index >= 15 is 0 Å². The highest BCUT2D eigenvalue weighted by atomic mass is 32.1. The van der Waals surface area contributed by atoms with Gasteiger partial charge in [0.05, 0.1) is 19.8 Å². The Morgan fingerprint density at radius 1 is 0.630 bits per heavy atom. The fraction of sp³-hybridized carbons (Fsp3) is 1.00. The van der Waals surface area contributed by atoms with Crippen molar-refractivity contribution in [2.45, 2.75) is 123 Å². The lowest BCUT2D eigenvalue weighted by atomic mass is 9.92. The van der Waals surface area contributed by atoms with Crippen LogP contribution in [0, 0.1) is 5.92 Å². The van der Waals surface area contributed by atoms with Crippen LogP contribution in [0.1, 0.15) is 112 Å². The molecule has 0 aromatic heterocycles. The lowest BCUT2D eigenvalue weighted by molar-refractivity contribution is -0.406. The maximum Gasteiger partial charge on any atom is 0.285 e. The van der Waals surface area contributed by atoms with E-state index in [9.17, 15) is 0 Å². The Labute approximate surface area is 175 Å². The zero-order chi connectivity index (χ0) is 20.4. The number of rotatable bonds is 20. The van der Waals surface area contributed by atoms with Gasteiger partial charge in [0, 0.05) is 5.92 Å². The first-order valence-electron chi connectivity index (χ1n) is 11.7. The van der Waals surface area contributed by atoms with Crippen LogP contribution in [0.3, 0.4) is 0 Å². The van der Waals surface area contributed by atoms with E-state index in [0.29, 0.717) is 25.1 Å². The van der Waals surface area contributed by atoms with Crippen molar-refractivity contribution in [1.29, 1.82) is 0 Å². The number of ether oxygens (including phenoxy) is 3. The van der Waals surface area contributed by atoms with E-state index in [1.54, 1.807) is 0 Å². The summed E-state index contributed by atoms with van der Waals surface area (Å²) in [6.07, 6.45) is 14.0. The highest BCUT2D eigenvalue weighted by Gasteiger charge is 2.42. The Hall–Kier alpha value is 0.230. The number of thiol groups is 1. The summed E-state index contributed by atoms with van der Waals surface area (Å²) < 4.78 is 18.9. The zero-order valence-electron chi connectivity index (χ0n) is 18.9. The van der Waals surface area contributed by atoms with E-state index in [2.05, 4.69) is 47.2 Å². The van der Waals surface area contributed by atoms with E-state index < -0.39 is 5.97 Å². The normalized spacial score (nSPS) is 14.4. The first-order valence-corrected chi connectivity index (χ1v) is 12.2. The average Bonchev–Trinajstić information content (AvgIpc) is 2.66. The molecular formula is C23H48O3S. The smallest absolute Gasteiger partial charge is 0.285 e. The van der Waals surface area contributed by atoms with E-state index in [-0.39, 0.29) is 5.92 Å². The summed E-state index contributed by atoms with van der Waals surface area (Å²) in [6.45, 7) is 12.9. The minimum absolute atomic E-state index is 0.267. The highest BCUT2D eigenvalue weighted by Crippen LogP contribution is 2.35. The summed E-state index contributed by atoms with van der Waals surface area (Å²) in [7, 11) is 0. The summed E-state index contributed by atoms with van der Waals surface area (Å²) >= 11 is 4.61. The minimum Gasteiger partial charge on any atom is -0.327 e. The summed E-state index contributed by atoms with van der Waals surface area (Å²) in [4.78, 5) is 0. The molecule has 2 atom stereocenters. The van der Waals surface area contributed by atoms with E-state index in [4.69, 9.17) is 14.2 Å². The molecular weight excluding hydrogens is 356 g/mol. The summed E-state index contributed by atoms with van der Waals surface area (Å²) in [5.74, 6) is -0.614. The van der Waals surface area contributed by atoms with Crippen molar-refractivity contribution in [3.8, 4) is 0 Å². The van der Waals surface area contributed by atoms with Crippen molar-refractivity contribution < 1.29 is 14.2 Å². The van der Waals surface area contributed by atoms with Gasteiger partial charge in [-0.2, -0.15) is 12.6 Å². The second-order valence-corrected chi connectivity index (χ2v) is 8.71. The molecule has 27 heavy (non-hydrogen) atoms. The third kappa shape index (κ3) is 13.1. The Morgan fingerprint density at radius 3 is 1.56 bits per heavy atom. The number of hydrogen-bond acceptors (Lipinski definition) is 4. The number of hydrogen-bond donors (Lipinski definition) is 1. The molecule has 0 saturated carbocycles. The van der Waals surface area contributed by atoms with Gasteiger partial charge in [0.2, 0.25) is 0 Å². The standard InChI is InChI=1S/C23H48O3S/c1-6-10-11-12-13-14-15-22(17-16-21(5)27)23(24-18-7-2,25-19-8-3)26-20-9-4/h21-22,27H,6-20H2,1-5H3. The van der Waals surface area contributed by atoms with Gasteiger partial charge in [0.1, 0.15) is 0 Å². The highest BCUT2D eigenvalue weighted by molar-refractivity contribution is 7.80. The predicted molar refractivity (Wildman–Crippen MR) is 121 cm³/mol. The van der Waals surface area contributed by atoms with Crippen LogP contribution in [0.15, 0.2) is 0 Å². The van der Waals surface area contributed by atoms with Crippen LogP contribution in [0.2, 0.25) is 0 Å². The monoisotopic (exact) mass is 404 g/mol. The van der Waals surface area contributed by atoms with E-state index in [1.807, 2.05) is 0 Å². The van der Waals surface area contributed by atoms with Gasteiger partial charge >= 0.3 is 0 Å². The maximum absolute atomic E-state index is 6.30. The molecule has 0 N–H and O–H groups in total. The molecule has 3 nitrogen and oxygen atoms in total. The molecule has 0 aromatic rings. The average molecular weight is 405 g/mol. The Morgan fingerprint density at radius 2 is 1.11 bits per heavy atom. The predicted octanol–water partition coefficient (Wildman–Crippen LogP) is 7.39. The van der Waals surface area contributed by atoms with Crippen LogP contribution in [0.25, 0.3) is 0 Å². The van der Waals surface area contributed by atoms with Gasteiger partial charge < -0.3 is 14.2 Å². The van der Waals surface area contributed by atoms with Crippen molar-refractivity contribution in [2.24, 2.45) is 5.92 Å². The largest absolute Gasteiger partial charge is 0.327 e. The molecule has 0 aliphatic rings. The fourth-order valence-electron chi connectivity index (χ4n) is 3.32. The van der Waals surface area contributed by atoms with Crippen LogP contribution in [0.4, 0.5) is 0 Å². The maximum atomic E-state index is 6.30. The van der Waals surface area contributed by atoms with Gasteiger partial charge in [-0.15, -0.1) is 0 Å². The molecule has 0 heterocycles. The van der Waals surface area contributed by atoms with Gasteiger partial charge in [-0.25, -0.2) is 0 Å². The Kier molecular flexibility index (Phi) is 18.4. The van der Waals surface area contributed by atoms with Crippen molar-refractivity contribution in [3.63, 3.8) is 0 Å². The lowest BCUT2D eigenvalue weighted by Crippen LogP contribution is -2.47. The summed E-state index contributed by atoms with van der Waals surface area (Å²) in [5.41, 5.74) is 0. The molecule has 0 rings (SSSR count). The van der Waals surface area contributed by atoms with Crippen molar-refractivity contribution in [1.82, 2.24) is 0 Å². The van der Waals surface area contributed by atoms with Crippen LogP contribution >= 0.6 is 12.6 Å². The van der Waals surface area contributed by atoms with Gasteiger partial charge in [-0.3, -0.25) is 0 Å². The summed E-state index contributed by atoms with van der Waals surface area (Å²) in [5, 5.41) is 0.387. The molecule has 0 fully saturated rings. The second kappa shape index (κ2) is 18.3. The molecule has 0 aliphatic carbocycles. The first-order chi connectivity index (χ1) is 13.1. The molecule has 164 valence electrons. The molecule has 0 radical (unpaired) electrons. The van der Waals surface area contributed by atoms with Gasteiger partial charge in [-0.05, 0) is 43.8 Å². The molecule has 2 unspecified atom stereocenters. The SMILES string of the molecule is CCCCCCCCC(CCC(C)S)C(OCCC)(OCCC)OCCC. The molecule has 4 heteroatoms. The van der Waals surface area contributed by atoms with Crippen molar-refractivity contribution >= 4 is 12.6 Å². The van der Waals surface area contributed by atoms with Crippen LogP contribution in [-0.4, -0.2) is 31.0 Å². The quantitative estimate of drug-likeness (QED) is 0.130. The van der Waals surface area contributed by atoms with E-state index in [0.717, 1.165) is 38.5 Å². The third-order valence-electron chi connectivity index (χ3n) is 4.86. The molecule has 0 aliphatic heterocycles. The van der Waals surface area contributed by atoms with Gasteiger partial charge in [-0.1, -0.05) is 73.1 Å². The van der Waals surface area contributed by atoms with E-state index in [1.165, 1.54) is 38.5 Å². The van der Waals surface area contributed by atoms with Crippen LogP contribution < -0.4 is 0 Å². The van der Waals surface area contributed by atoms with Crippen molar-refractivity contribution in [2.75, 3.05) is 19.8 Å². The fourth-order valence-corrected chi connectivity index (χ4v) is 3.47. The van der Waals surface area contributed by atoms with Crippen LogP contribution in [0.5, 0.6) is 0 Å². The Balaban J connectivity index is 5.10. The third-order valence-corrected chi connectivity index (χ3v) is 5.12. The number of unbranched alkanes of at least 4 members (excludes halogenated alkanes) is 5. The first kappa shape index (κ1) is 27.2. The minimum atomic E-state index is -0.881. The van der Waals surface area contributed by atoms with Gasteiger partial charge in [0.15, 0.2) is 0 Å². The lowest BCUT2D eigenvalue weighted by Gasteiger charge is -2.40. The molecule has 0 spiro atoms. The van der Waals surface area contributed by atoms with Crippen molar-refractivity contribution in [3.05, 3.63) is 0 Å².